The number of fused-ring (bicyclic) bond motifs is 2. The first kappa shape index (κ1) is 32.5. The van der Waals surface area contributed by atoms with Gasteiger partial charge in [-0.25, -0.2) is 19.1 Å². The lowest BCUT2D eigenvalue weighted by Gasteiger charge is -2.49. The Balaban J connectivity index is 1.23. The van der Waals surface area contributed by atoms with Crippen LogP contribution in [0, 0.1) is 0 Å². The molecule has 2 aliphatic heterocycles. The van der Waals surface area contributed by atoms with Gasteiger partial charge < -0.3 is 42.0 Å². The van der Waals surface area contributed by atoms with Crippen LogP contribution >= 0.6 is 23.1 Å². The van der Waals surface area contributed by atoms with E-state index < -0.39 is 58.5 Å². The number of rotatable bonds is 10. The van der Waals surface area contributed by atoms with Crippen LogP contribution in [0.3, 0.4) is 0 Å². The maximum atomic E-state index is 13.5. The number of anilines is 2. The predicted molar refractivity (Wildman–Crippen MR) is 169 cm³/mol. The number of carboxylic acids is 2. The molecule has 48 heavy (non-hydrogen) atoms. The Morgan fingerprint density at radius 1 is 1.17 bits per heavy atom. The van der Waals surface area contributed by atoms with Gasteiger partial charge in [-0.1, -0.05) is 11.2 Å². The smallest absolute Gasteiger partial charge is 0.352 e. The summed E-state index contributed by atoms with van der Waals surface area (Å²) < 4.78 is 1.87. The Bertz CT molecular complexity index is 1910. The number of carbonyl (C=O) groups is 4. The lowest BCUT2D eigenvalue weighted by molar-refractivity contribution is -0.699. The number of carbonyl (C=O) groups excluding carboxylic acids is 2. The fourth-order valence-electron chi connectivity index (χ4n) is 5.78. The topological polar surface area (TPSA) is 268 Å². The number of phenolic OH excluding ortho intramolecular Hbond substituents is 2. The number of thioether (sulfide) groups is 1. The summed E-state index contributed by atoms with van der Waals surface area (Å²) in [5.74, 6) is -4.83. The monoisotopic (exact) mass is 697 g/mol. The van der Waals surface area contributed by atoms with Crippen LogP contribution in [-0.4, -0.2) is 81.9 Å². The minimum Gasteiger partial charge on any atom is -0.504 e. The molecule has 0 spiro atoms. The number of benzene rings is 1. The number of thiazole rings is 1. The normalized spacial score (nSPS) is 19.5. The van der Waals surface area contributed by atoms with E-state index in [4.69, 9.17) is 16.3 Å². The van der Waals surface area contributed by atoms with E-state index in [-0.39, 0.29) is 34.4 Å². The molecule has 17 nitrogen and oxygen atoms in total. The van der Waals surface area contributed by atoms with E-state index >= 15 is 0 Å². The van der Waals surface area contributed by atoms with Gasteiger partial charge in [0.05, 0.1) is 5.56 Å². The first-order chi connectivity index (χ1) is 22.9. The van der Waals surface area contributed by atoms with Crippen molar-refractivity contribution in [3.63, 3.8) is 0 Å². The molecule has 9 N–H and O–H groups in total. The highest BCUT2D eigenvalue weighted by Gasteiger charge is 2.54. The zero-order valence-electron chi connectivity index (χ0n) is 24.9. The summed E-state index contributed by atoms with van der Waals surface area (Å²) in [6.07, 6.45) is 3.27. The molecule has 2 aromatic heterocycles. The number of aliphatic carboxylic acids is 2. The quantitative estimate of drug-likeness (QED) is 0.0493. The van der Waals surface area contributed by atoms with Crippen molar-refractivity contribution in [3.05, 3.63) is 63.7 Å². The number of aromatic hydroxyl groups is 2. The summed E-state index contributed by atoms with van der Waals surface area (Å²) in [6.45, 7) is 0.195. The summed E-state index contributed by atoms with van der Waals surface area (Å²) in [4.78, 5) is 66.1. The molecule has 2 amide bonds. The van der Waals surface area contributed by atoms with Gasteiger partial charge in [0.15, 0.2) is 22.3 Å². The average molecular weight is 698 g/mol. The van der Waals surface area contributed by atoms with Gasteiger partial charge in [-0.2, -0.15) is 0 Å². The molecule has 3 aliphatic rings. The second-order valence-electron chi connectivity index (χ2n) is 11.1. The van der Waals surface area contributed by atoms with Gasteiger partial charge in [-0.05, 0) is 36.4 Å². The van der Waals surface area contributed by atoms with E-state index in [2.05, 4.69) is 20.4 Å². The van der Waals surface area contributed by atoms with Crippen molar-refractivity contribution in [2.45, 2.75) is 49.7 Å². The Hall–Kier alpha value is -5.43. The maximum Gasteiger partial charge on any atom is 0.352 e. The number of hydrogen-bond donors (Lipinski definition) is 7. The highest BCUT2D eigenvalue weighted by molar-refractivity contribution is 8.00. The summed E-state index contributed by atoms with van der Waals surface area (Å²) in [6, 6.07) is 2.06. The molecule has 0 radical (unpaired) electrons. The third-order valence-corrected chi connectivity index (χ3v) is 10.1. The van der Waals surface area contributed by atoms with Crippen molar-refractivity contribution >= 4 is 63.5 Å². The summed E-state index contributed by atoms with van der Waals surface area (Å²) >= 11 is 2.24. The van der Waals surface area contributed by atoms with Crippen LogP contribution in [0.5, 0.6) is 11.5 Å². The second kappa shape index (κ2) is 13.0. The number of nitrogens with two attached hydrogens (primary N) is 2. The Morgan fingerprint density at radius 3 is 2.62 bits per heavy atom. The molecule has 0 saturated carbocycles. The van der Waals surface area contributed by atoms with E-state index in [9.17, 15) is 39.6 Å². The summed E-state index contributed by atoms with van der Waals surface area (Å²) in [5.41, 5.74) is 13.4. The van der Waals surface area contributed by atoms with E-state index in [1.54, 1.807) is 6.33 Å². The van der Waals surface area contributed by atoms with Gasteiger partial charge in [0.1, 0.15) is 35.0 Å². The number of nitrogen functional groups attached to an aromatic ring is 2. The van der Waals surface area contributed by atoms with Crippen molar-refractivity contribution in [1.82, 2.24) is 20.2 Å². The molecule has 3 aromatic rings. The highest BCUT2D eigenvalue weighted by atomic mass is 32.2. The molecule has 19 heteroatoms. The van der Waals surface area contributed by atoms with Crippen LogP contribution in [0.25, 0.3) is 0 Å². The van der Waals surface area contributed by atoms with Crippen LogP contribution in [0.4, 0.5) is 10.9 Å². The van der Waals surface area contributed by atoms with Gasteiger partial charge >= 0.3 is 11.9 Å². The fraction of sp³-hybridized carbons (Fsp3) is 0.310. The van der Waals surface area contributed by atoms with Gasteiger partial charge in [0, 0.05) is 28.7 Å². The van der Waals surface area contributed by atoms with E-state index in [1.165, 1.54) is 23.2 Å². The lowest BCUT2D eigenvalue weighted by atomic mass is 9.96. The zero-order valence-corrected chi connectivity index (χ0v) is 26.5. The fourth-order valence-corrected chi connectivity index (χ4v) is 7.66. The Labute approximate surface area is 279 Å². The minimum atomic E-state index is -1.81. The highest BCUT2D eigenvalue weighted by Crippen LogP contribution is 2.40. The number of β-lactam (4-membered cyclic amide) rings is 1. The zero-order chi connectivity index (χ0) is 34.3. The summed E-state index contributed by atoms with van der Waals surface area (Å²) in [5, 5.41) is 46.3. The average Bonchev–Trinajstić information content (AvgIpc) is 3.49. The molecule has 3 atom stereocenters. The Morgan fingerprint density at radius 2 is 1.94 bits per heavy atom. The molecular formula is C29H29N8O9S2+. The van der Waals surface area contributed by atoms with Gasteiger partial charge in [-0.15, -0.1) is 23.1 Å². The molecule has 0 unspecified atom stereocenters. The molecule has 1 saturated heterocycles. The first-order valence-electron chi connectivity index (χ1n) is 14.5. The van der Waals surface area contributed by atoms with Crippen LogP contribution in [0.1, 0.15) is 41.5 Å². The van der Waals surface area contributed by atoms with Crippen molar-refractivity contribution in [3.8, 4) is 11.5 Å². The third kappa shape index (κ3) is 6.04. The lowest BCUT2D eigenvalue weighted by Crippen LogP contribution is -2.71. The van der Waals surface area contributed by atoms with E-state index in [0.717, 1.165) is 65.3 Å². The van der Waals surface area contributed by atoms with E-state index in [0.29, 0.717) is 11.4 Å². The molecule has 1 fully saturated rings. The molecule has 6 rings (SSSR count). The molecule has 4 heterocycles. The maximum absolute atomic E-state index is 13.5. The number of oxime groups is 1. The molecular weight excluding hydrogens is 669 g/mol. The number of carboxylic acid groups (broad SMARTS) is 2. The van der Waals surface area contributed by atoms with Gasteiger partial charge in [-0.3, -0.25) is 14.5 Å². The van der Waals surface area contributed by atoms with E-state index in [1.807, 2.05) is 4.57 Å². The van der Waals surface area contributed by atoms with Crippen LogP contribution < -0.4 is 21.4 Å². The first-order valence-corrected chi connectivity index (χ1v) is 16.4. The molecule has 0 bridgehead atoms. The van der Waals surface area contributed by atoms with Crippen LogP contribution in [0.2, 0.25) is 0 Å². The van der Waals surface area contributed by atoms with Crippen molar-refractivity contribution in [2.24, 2.45) is 5.16 Å². The minimum absolute atomic E-state index is 0.0664. The molecule has 1 aliphatic carbocycles. The second-order valence-corrected chi connectivity index (χ2v) is 13.1. The standard InChI is InChI=1S/C29H28N8O9S2/c30-23-14-3-1-2-4-16(14)36(11-32-23)8-13-9-47-26-20(25(41)37(26)21(13)27(42)43)34-24(40)19(15-10-48-29(31)33-15)35-46-22(28(44)45)12-5-6-17(38)18(39)7-12/h5-7,10-11,20,22,26,30H,1-4,8-9H2,(H7,31,33,34,35,38,39,40,42,43,44,45)/p+1/t20-,22-,26-/m1/s1. The SMILES string of the molecule is Nc1nc(/C(=N/O[C@@H](C(=O)O)c2ccc(O)c(O)c2)C(=O)N[C@@H]2C(=O)N3C(C(=O)O)=C(C[n+]4cnc(N)c5c4CCCC5)CS[C@H]23)cs1. The number of phenols is 2. The van der Waals surface area contributed by atoms with Crippen molar-refractivity contribution in [2.75, 3.05) is 17.2 Å². The molecule has 250 valence electrons. The van der Waals surface area contributed by atoms with Crippen molar-refractivity contribution < 1.29 is 49.0 Å². The van der Waals surface area contributed by atoms with Crippen LogP contribution in [0.15, 0.2) is 46.3 Å². The Kier molecular flexibility index (Phi) is 8.80. The third-order valence-electron chi connectivity index (χ3n) is 8.08. The number of hydrogen-bond acceptors (Lipinski definition) is 14. The number of aromatic nitrogens is 3. The predicted octanol–water partition coefficient (Wildman–Crippen LogP) is 0.265. The van der Waals surface area contributed by atoms with Crippen LogP contribution in [-0.2, 0) is 43.4 Å². The number of amides is 2. The number of nitrogens with one attached hydrogen (secondary N) is 1. The summed E-state index contributed by atoms with van der Waals surface area (Å²) in [7, 11) is 0. The van der Waals surface area contributed by atoms with Crippen molar-refractivity contribution in [1.29, 1.82) is 0 Å². The van der Waals surface area contributed by atoms with Gasteiger partial charge in [0.2, 0.25) is 11.9 Å². The van der Waals surface area contributed by atoms with Gasteiger partial charge in [0.25, 0.3) is 18.1 Å². The largest absolute Gasteiger partial charge is 0.504 e. The number of nitrogens with zero attached hydrogens (tertiary/aromatic N) is 5. The molecule has 1 aromatic carbocycles.